The van der Waals surface area contributed by atoms with Gasteiger partial charge in [0.15, 0.2) is 0 Å². The fourth-order valence-corrected chi connectivity index (χ4v) is 3.61. The molecule has 7 nitrogen and oxygen atoms in total. The van der Waals surface area contributed by atoms with Gasteiger partial charge in [0.1, 0.15) is 10.7 Å². The molecule has 9 heteroatoms. The fourth-order valence-electron chi connectivity index (χ4n) is 2.89. The minimum absolute atomic E-state index is 0.158. The Balaban J connectivity index is 2.00. The minimum atomic E-state index is -4.16. The molecule has 0 fully saturated rings. The molecule has 1 aliphatic rings. The first-order valence-electron chi connectivity index (χ1n) is 7.12. The van der Waals surface area contributed by atoms with Crippen LogP contribution in [0.25, 0.3) is 0 Å². The van der Waals surface area contributed by atoms with Crippen LogP contribution in [0.2, 0.25) is 0 Å². The number of fused-ring (bicyclic) bond motifs is 1. The quantitative estimate of drug-likeness (QED) is 0.648. The maximum atomic E-state index is 13.5. The minimum Gasteiger partial charge on any atom is -0.377 e. The third kappa shape index (κ3) is 3.08. The van der Waals surface area contributed by atoms with Crippen LogP contribution < -0.4 is 10.5 Å². The molecule has 0 amide bonds. The number of halogens is 1. The summed E-state index contributed by atoms with van der Waals surface area (Å²) >= 11 is 0. The van der Waals surface area contributed by atoms with E-state index in [0.29, 0.717) is 6.42 Å². The van der Waals surface area contributed by atoms with Crippen molar-refractivity contribution in [1.29, 1.82) is 0 Å². The summed E-state index contributed by atoms with van der Waals surface area (Å²) in [5.41, 5.74) is 1.51. The van der Waals surface area contributed by atoms with Gasteiger partial charge in [0, 0.05) is 12.1 Å². The zero-order valence-corrected chi connectivity index (χ0v) is 13.2. The van der Waals surface area contributed by atoms with E-state index in [9.17, 15) is 22.9 Å². The molecule has 1 aliphatic carbocycles. The third-order valence-corrected chi connectivity index (χ3v) is 4.95. The average Bonchev–Trinajstić information content (AvgIpc) is 2.88. The van der Waals surface area contributed by atoms with Gasteiger partial charge < -0.3 is 5.32 Å². The number of primary sulfonamides is 1. The largest absolute Gasteiger partial charge is 0.377 e. The van der Waals surface area contributed by atoms with Crippen molar-refractivity contribution in [3.05, 3.63) is 63.5 Å². The number of nitrogens with two attached hydrogens (primary N) is 1. The van der Waals surface area contributed by atoms with E-state index in [1.807, 2.05) is 0 Å². The normalized spacial score (nSPS) is 16.7. The van der Waals surface area contributed by atoms with E-state index in [2.05, 4.69) is 5.32 Å². The summed E-state index contributed by atoms with van der Waals surface area (Å²) < 4.78 is 37.0. The van der Waals surface area contributed by atoms with E-state index in [-0.39, 0.29) is 28.1 Å². The molecule has 1 atom stereocenters. The molecule has 0 bridgehead atoms. The van der Waals surface area contributed by atoms with Crippen molar-refractivity contribution in [2.75, 3.05) is 5.32 Å². The van der Waals surface area contributed by atoms with Gasteiger partial charge >= 0.3 is 0 Å². The lowest BCUT2D eigenvalue weighted by atomic mass is 10.1. The van der Waals surface area contributed by atoms with Crippen LogP contribution in [0.3, 0.4) is 0 Å². The van der Waals surface area contributed by atoms with Gasteiger partial charge in [0.2, 0.25) is 10.0 Å². The monoisotopic (exact) mass is 351 g/mol. The van der Waals surface area contributed by atoms with E-state index >= 15 is 0 Å². The Morgan fingerprint density at radius 1 is 1.25 bits per heavy atom. The van der Waals surface area contributed by atoms with E-state index in [0.717, 1.165) is 23.6 Å². The summed E-state index contributed by atoms with van der Waals surface area (Å²) in [4.78, 5) is 9.79. The van der Waals surface area contributed by atoms with Crippen LogP contribution in [0.1, 0.15) is 23.6 Å². The second-order valence-electron chi connectivity index (χ2n) is 5.56. The molecule has 0 spiro atoms. The SMILES string of the molecule is NS(=O)(=O)c1cc([N+](=O)[O-])ccc1NC1CCc2ccc(F)cc21. The van der Waals surface area contributed by atoms with Crippen molar-refractivity contribution < 1.29 is 17.7 Å². The standard InChI is InChI=1S/C15H14FN3O4S/c16-10-3-1-9-2-5-13(12(9)7-10)18-14-6-4-11(19(20)21)8-15(14)24(17,22)23/h1,3-4,6-8,13,18H,2,5H2,(H2,17,22,23). The molecule has 1 unspecified atom stereocenters. The number of non-ortho nitro benzene ring substituents is 1. The maximum absolute atomic E-state index is 13.5. The van der Waals surface area contributed by atoms with Crippen LogP contribution in [0.15, 0.2) is 41.3 Å². The van der Waals surface area contributed by atoms with Crippen LogP contribution in [-0.4, -0.2) is 13.3 Å². The zero-order valence-electron chi connectivity index (χ0n) is 12.4. The predicted octanol–water partition coefficient (Wildman–Crippen LogP) is 2.48. The summed E-state index contributed by atoms with van der Waals surface area (Å²) in [5, 5.41) is 19.0. The zero-order chi connectivity index (χ0) is 17.5. The number of benzene rings is 2. The van der Waals surface area contributed by atoms with Crippen molar-refractivity contribution in [2.24, 2.45) is 5.14 Å². The third-order valence-electron chi connectivity index (χ3n) is 4.00. The summed E-state index contributed by atoms with van der Waals surface area (Å²) in [5.74, 6) is -0.377. The molecular formula is C15H14FN3O4S. The lowest BCUT2D eigenvalue weighted by Gasteiger charge is -2.17. The molecule has 3 rings (SSSR count). The van der Waals surface area contributed by atoms with Crippen LogP contribution in [0, 0.1) is 15.9 Å². The Hall–Kier alpha value is -2.52. The number of hydrogen-bond acceptors (Lipinski definition) is 5. The van der Waals surface area contributed by atoms with Crippen LogP contribution in [0.5, 0.6) is 0 Å². The first-order chi connectivity index (χ1) is 11.3. The van der Waals surface area contributed by atoms with Crippen LogP contribution in [-0.2, 0) is 16.4 Å². The molecule has 2 aromatic rings. The van der Waals surface area contributed by atoms with Crippen LogP contribution >= 0.6 is 0 Å². The van der Waals surface area contributed by atoms with E-state index in [4.69, 9.17) is 5.14 Å². The smallest absolute Gasteiger partial charge is 0.270 e. The van der Waals surface area contributed by atoms with Gasteiger partial charge in [-0.15, -0.1) is 0 Å². The summed E-state index contributed by atoms with van der Waals surface area (Å²) in [6.07, 6.45) is 1.38. The molecule has 0 aromatic heterocycles. The molecule has 24 heavy (non-hydrogen) atoms. The van der Waals surface area contributed by atoms with Gasteiger partial charge in [0.05, 0.1) is 16.7 Å². The second-order valence-corrected chi connectivity index (χ2v) is 7.09. The van der Waals surface area contributed by atoms with E-state index < -0.39 is 14.9 Å². The van der Waals surface area contributed by atoms with Crippen molar-refractivity contribution in [2.45, 2.75) is 23.8 Å². The second kappa shape index (κ2) is 5.84. The first-order valence-corrected chi connectivity index (χ1v) is 8.66. The average molecular weight is 351 g/mol. The maximum Gasteiger partial charge on any atom is 0.270 e. The summed E-state index contributed by atoms with van der Waals surface area (Å²) in [7, 11) is -4.16. The summed E-state index contributed by atoms with van der Waals surface area (Å²) in [6, 6.07) is 7.60. The van der Waals surface area contributed by atoms with Crippen molar-refractivity contribution >= 4 is 21.4 Å². The molecule has 0 aliphatic heterocycles. The molecule has 0 heterocycles. The molecule has 0 saturated heterocycles. The van der Waals surface area contributed by atoms with Gasteiger partial charge in [0.25, 0.3) is 5.69 Å². The number of nitrogens with zero attached hydrogens (tertiary/aromatic N) is 1. The Kier molecular flexibility index (Phi) is 3.98. The topological polar surface area (TPSA) is 115 Å². The first kappa shape index (κ1) is 16.3. The van der Waals surface area contributed by atoms with Gasteiger partial charge in [-0.1, -0.05) is 6.07 Å². The number of nitro benzene ring substituents is 1. The molecule has 0 saturated carbocycles. The van der Waals surface area contributed by atoms with E-state index in [1.54, 1.807) is 6.07 Å². The Labute approximate surface area is 137 Å². The van der Waals surface area contributed by atoms with Crippen molar-refractivity contribution in [1.82, 2.24) is 0 Å². The summed E-state index contributed by atoms with van der Waals surface area (Å²) in [6.45, 7) is 0. The van der Waals surface area contributed by atoms with Gasteiger partial charge in [-0.25, -0.2) is 17.9 Å². The lowest BCUT2D eigenvalue weighted by molar-refractivity contribution is -0.385. The van der Waals surface area contributed by atoms with Crippen molar-refractivity contribution in [3.63, 3.8) is 0 Å². The highest BCUT2D eigenvalue weighted by Crippen LogP contribution is 2.36. The molecule has 2 aromatic carbocycles. The van der Waals surface area contributed by atoms with Gasteiger partial charge in [-0.3, -0.25) is 10.1 Å². The molecule has 3 N–H and O–H groups in total. The van der Waals surface area contributed by atoms with Gasteiger partial charge in [-0.05, 0) is 42.2 Å². The highest BCUT2D eigenvalue weighted by Gasteiger charge is 2.26. The number of nitrogens with one attached hydrogen (secondary N) is 1. The van der Waals surface area contributed by atoms with Crippen molar-refractivity contribution in [3.8, 4) is 0 Å². The van der Waals surface area contributed by atoms with E-state index in [1.165, 1.54) is 24.3 Å². The molecule has 0 radical (unpaired) electrons. The number of hydrogen-bond donors (Lipinski definition) is 2. The Morgan fingerprint density at radius 2 is 2.00 bits per heavy atom. The lowest BCUT2D eigenvalue weighted by Crippen LogP contribution is -2.17. The molecule has 126 valence electrons. The highest BCUT2D eigenvalue weighted by atomic mass is 32.2. The highest BCUT2D eigenvalue weighted by molar-refractivity contribution is 7.89. The number of sulfonamides is 1. The number of nitro groups is 1. The number of rotatable bonds is 4. The van der Waals surface area contributed by atoms with Gasteiger partial charge in [-0.2, -0.15) is 0 Å². The Morgan fingerprint density at radius 3 is 2.67 bits per heavy atom. The number of anilines is 1. The molecular weight excluding hydrogens is 337 g/mol. The fraction of sp³-hybridized carbons (Fsp3) is 0.200. The Bertz CT molecular complexity index is 930. The van der Waals surface area contributed by atoms with Crippen LogP contribution in [0.4, 0.5) is 15.8 Å². The number of aryl methyl sites for hydroxylation is 1. The predicted molar refractivity (Wildman–Crippen MR) is 85.6 cm³/mol.